The Morgan fingerprint density at radius 3 is 2.67 bits per heavy atom. The normalized spacial score (nSPS) is 18.9. The van der Waals surface area contributed by atoms with Crippen LogP contribution in [0.15, 0.2) is 0 Å². The molecule has 0 aliphatic carbocycles. The predicted molar refractivity (Wildman–Crippen MR) is 62.7 cm³/mol. The molecule has 0 aromatic carbocycles. The van der Waals surface area contributed by atoms with Crippen LogP contribution in [-0.4, -0.2) is 36.5 Å². The fourth-order valence-corrected chi connectivity index (χ4v) is 1.83. The fourth-order valence-electron chi connectivity index (χ4n) is 1.83. The van der Waals surface area contributed by atoms with Crippen molar-refractivity contribution in [2.75, 3.05) is 19.6 Å². The molecule has 15 heavy (non-hydrogen) atoms. The Morgan fingerprint density at radius 1 is 1.40 bits per heavy atom. The van der Waals surface area contributed by atoms with Crippen molar-refractivity contribution in [2.45, 2.75) is 46.1 Å². The van der Waals surface area contributed by atoms with Crippen LogP contribution in [0.3, 0.4) is 0 Å². The van der Waals surface area contributed by atoms with Gasteiger partial charge in [0.2, 0.25) is 5.91 Å². The minimum Gasteiger partial charge on any atom is -0.343 e. The third-order valence-electron chi connectivity index (χ3n) is 2.88. The SMILES string of the molecule is CC(C)CNC(C)CCN1CCCC1=O. The molecule has 0 aromatic heterocycles. The third-order valence-corrected chi connectivity index (χ3v) is 2.88. The Bertz CT molecular complexity index is 204. The quantitative estimate of drug-likeness (QED) is 0.726. The number of hydrogen-bond donors (Lipinski definition) is 1. The van der Waals surface area contributed by atoms with Crippen LogP contribution in [-0.2, 0) is 4.79 Å². The second kappa shape index (κ2) is 6.11. The maximum absolute atomic E-state index is 11.4. The van der Waals surface area contributed by atoms with Gasteiger partial charge in [0.05, 0.1) is 0 Å². The largest absolute Gasteiger partial charge is 0.343 e. The average molecular weight is 212 g/mol. The zero-order chi connectivity index (χ0) is 11.3. The monoisotopic (exact) mass is 212 g/mol. The van der Waals surface area contributed by atoms with Gasteiger partial charge in [-0.25, -0.2) is 0 Å². The first-order valence-electron chi connectivity index (χ1n) is 6.10. The van der Waals surface area contributed by atoms with Crippen molar-refractivity contribution < 1.29 is 4.79 Å². The molecule has 1 aliphatic rings. The van der Waals surface area contributed by atoms with Crippen LogP contribution in [0.25, 0.3) is 0 Å². The van der Waals surface area contributed by atoms with Crippen molar-refractivity contribution in [2.24, 2.45) is 5.92 Å². The van der Waals surface area contributed by atoms with Gasteiger partial charge in [-0.1, -0.05) is 13.8 Å². The average Bonchev–Trinajstić information content (AvgIpc) is 2.58. The van der Waals surface area contributed by atoms with E-state index in [4.69, 9.17) is 0 Å². The zero-order valence-corrected chi connectivity index (χ0v) is 10.3. The smallest absolute Gasteiger partial charge is 0.222 e. The lowest BCUT2D eigenvalue weighted by molar-refractivity contribution is -0.127. The molecule has 0 radical (unpaired) electrons. The topological polar surface area (TPSA) is 32.3 Å². The highest BCUT2D eigenvalue weighted by molar-refractivity contribution is 5.77. The van der Waals surface area contributed by atoms with E-state index in [0.29, 0.717) is 17.9 Å². The van der Waals surface area contributed by atoms with Gasteiger partial charge in [-0.2, -0.15) is 0 Å². The molecular formula is C12H24N2O. The fraction of sp³-hybridized carbons (Fsp3) is 0.917. The first kappa shape index (κ1) is 12.5. The Hall–Kier alpha value is -0.570. The highest BCUT2D eigenvalue weighted by Crippen LogP contribution is 2.10. The summed E-state index contributed by atoms with van der Waals surface area (Å²) >= 11 is 0. The second-order valence-electron chi connectivity index (χ2n) is 4.98. The molecule has 1 atom stereocenters. The highest BCUT2D eigenvalue weighted by Gasteiger charge is 2.19. The van der Waals surface area contributed by atoms with Gasteiger partial charge in [-0.05, 0) is 32.2 Å². The number of nitrogens with zero attached hydrogens (tertiary/aromatic N) is 1. The van der Waals surface area contributed by atoms with Crippen LogP contribution in [0.1, 0.15) is 40.0 Å². The standard InChI is InChI=1S/C12H24N2O/c1-10(2)9-13-11(3)6-8-14-7-4-5-12(14)15/h10-11,13H,4-9H2,1-3H3. The number of nitrogens with one attached hydrogen (secondary N) is 1. The molecule has 88 valence electrons. The minimum atomic E-state index is 0.339. The van der Waals surface area contributed by atoms with Gasteiger partial charge in [0.1, 0.15) is 0 Å². The number of rotatable bonds is 6. The Balaban J connectivity index is 2.10. The van der Waals surface area contributed by atoms with E-state index in [0.717, 1.165) is 38.9 Å². The van der Waals surface area contributed by atoms with Crippen molar-refractivity contribution in [3.63, 3.8) is 0 Å². The zero-order valence-electron chi connectivity index (χ0n) is 10.3. The summed E-state index contributed by atoms with van der Waals surface area (Å²) < 4.78 is 0. The van der Waals surface area contributed by atoms with Crippen LogP contribution in [0.4, 0.5) is 0 Å². The van der Waals surface area contributed by atoms with Crippen molar-refractivity contribution in [1.82, 2.24) is 10.2 Å². The summed E-state index contributed by atoms with van der Waals surface area (Å²) in [7, 11) is 0. The lowest BCUT2D eigenvalue weighted by Gasteiger charge is -2.20. The Labute approximate surface area is 93.2 Å². The summed E-state index contributed by atoms with van der Waals surface area (Å²) in [4.78, 5) is 13.4. The van der Waals surface area contributed by atoms with Crippen molar-refractivity contribution in [3.8, 4) is 0 Å². The van der Waals surface area contributed by atoms with E-state index in [2.05, 4.69) is 26.1 Å². The van der Waals surface area contributed by atoms with Gasteiger partial charge in [0, 0.05) is 25.6 Å². The molecule has 1 amide bonds. The maximum Gasteiger partial charge on any atom is 0.222 e. The first-order chi connectivity index (χ1) is 7.09. The molecule has 1 saturated heterocycles. The van der Waals surface area contributed by atoms with Crippen molar-refractivity contribution in [3.05, 3.63) is 0 Å². The molecule has 1 heterocycles. The van der Waals surface area contributed by atoms with Crippen molar-refractivity contribution >= 4 is 5.91 Å². The van der Waals surface area contributed by atoms with Gasteiger partial charge >= 0.3 is 0 Å². The first-order valence-corrected chi connectivity index (χ1v) is 6.10. The van der Waals surface area contributed by atoms with Crippen LogP contribution in [0.5, 0.6) is 0 Å². The van der Waals surface area contributed by atoms with E-state index in [1.165, 1.54) is 0 Å². The van der Waals surface area contributed by atoms with Gasteiger partial charge in [0.25, 0.3) is 0 Å². The van der Waals surface area contributed by atoms with E-state index in [1.54, 1.807) is 0 Å². The van der Waals surface area contributed by atoms with Crippen LogP contribution < -0.4 is 5.32 Å². The molecule has 1 N–H and O–H groups in total. The molecule has 3 heteroatoms. The summed E-state index contributed by atoms with van der Waals surface area (Å²) in [6, 6.07) is 0.515. The van der Waals surface area contributed by atoms with Crippen molar-refractivity contribution in [1.29, 1.82) is 0 Å². The molecule has 1 rings (SSSR count). The summed E-state index contributed by atoms with van der Waals surface area (Å²) in [5.74, 6) is 1.03. The molecule has 1 unspecified atom stereocenters. The van der Waals surface area contributed by atoms with Gasteiger partial charge in [-0.3, -0.25) is 4.79 Å². The number of carbonyl (C=O) groups is 1. The highest BCUT2D eigenvalue weighted by atomic mass is 16.2. The maximum atomic E-state index is 11.4. The predicted octanol–water partition coefficient (Wildman–Crippen LogP) is 1.63. The second-order valence-corrected chi connectivity index (χ2v) is 4.98. The molecule has 0 spiro atoms. The van der Waals surface area contributed by atoms with E-state index in [9.17, 15) is 4.79 Å². The molecule has 3 nitrogen and oxygen atoms in total. The van der Waals surface area contributed by atoms with E-state index >= 15 is 0 Å². The Morgan fingerprint density at radius 2 is 2.13 bits per heavy atom. The Kier molecular flexibility index (Phi) is 5.09. The van der Waals surface area contributed by atoms with E-state index < -0.39 is 0 Å². The van der Waals surface area contributed by atoms with Gasteiger partial charge < -0.3 is 10.2 Å². The van der Waals surface area contributed by atoms with Crippen LogP contribution in [0, 0.1) is 5.92 Å². The number of amides is 1. The summed E-state index contributed by atoms with van der Waals surface area (Å²) in [5.41, 5.74) is 0. The number of hydrogen-bond acceptors (Lipinski definition) is 2. The number of likely N-dealkylation sites (tertiary alicyclic amines) is 1. The van der Waals surface area contributed by atoms with Crippen LogP contribution in [0.2, 0.25) is 0 Å². The minimum absolute atomic E-state index is 0.339. The molecular weight excluding hydrogens is 188 g/mol. The van der Waals surface area contributed by atoms with E-state index in [-0.39, 0.29) is 0 Å². The lowest BCUT2D eigenvalue weighted by atomic mass is 10.2. The summed E-state index contributed by atoms with van der Waals surface area (Å²) in [5, 5.41) is 3.48. The third kappa shape index (κ3) is 4.65. The van der Waals surface area contributed by atoms with Gasteiger partial charge in [0.15, 0.2) is 0 Å². The molecule has 0 saturated carbocycles. The van der Waals surface area contributed by atoms with E-state index in [1.807, 2.05) is 4.90 Å². The molecule has 0 bridgehead atoms. The number of carbonyl (C=O) groups excluding carboxylic acids is 1. The van der Waals surface area contributed by atoms with Crippen LogP contribution >= 0.6 is 0 Å². The molecule has 0 aromatic rings. The summed E-state index contributed by atoms with van der Waals surface area (Å²) in [6.45, 7) is 9.58. The van der Waals surface area contributed by atoms with Gasteiger partial charge in [-0.15, -0.1) is 0 Å². The lowest BCUT2D eigenvalue weighted by Crippen LogP contribution is -2.34. The molecule has 1 aliphatic heterocycles. The summed E-state index contributed by atoms with van der Waals surface area (Å²) in [6.07, 6.45) is 2.87. The molecule has 1 fully saturated rings.